The molecule has 0 N–H and O–H groups in total. The standard InChI is InChI=1S/C16H23NO/c1-13(8-11-18)15-4-3-5-16(12-15)14-6-9-17(2)10-7-14/h3-5,11-14H,6-10H2,1-2H3. The van der Waals surface area contributed by atoms with Crippen molar-refractivity contribution in [2.24, 2.45) is 0 Å². The van der Waals surface area contributed by atoms with E-state index in [9.17, 15) is 4.79 Å². The maximum absolute atomic E-state index is 10.6. The zero-order chi connectivity index (χ0) is 13.0. The fraction of sp³-hybridized carbons (Fsp3) is 0.562. The zero-order valence-corrected chi connectivity index (χ0v) is 11.4. The molecule has 2 nitrogen and oxygen atoms in total. The van der Waals surface area contributed by atoms with Crippen molar-refractivity contribution >= 4 is 6.29 Å². The summed E-state index contributed by atoms with van der Waals surface area (Å²) in [7, 11) is 2.19. The van der Waals surface area contributed by atoms with Crippen LogP contribution in [-0.2, 0) is 4.79 Å². The minimum absolute atomic E-state index is 0.341. The van der Waals surface area contributed by atoms with Crippen LogP contribution in [0.2, 0.25) is 0 Å². The van der Waals surface area contributed by atoms with Crippen LogP contribution >= 0.6 is 0 Å². The fourth-order valence-corrected chi connectivity index (χ4v) is 2.74. The normalized spacial score (nSPS) is 19.7. The highest BCUT2D eigenvalue weighted by Gasteiger charge is 2.18. The van der Waals surface area contributed by atoms with Gasteiger partial charge >= 0.3 is 0 Å². The van der Waals surface area contributed by atoms with E-state index in [1.165, 1.54) is 37.1 Å². The molecule has 1 aromatic carbocycles. The second-order valence-corrected chi connectivity index (χ2v) is 5.55. The molecule has 1 aliphatic heterocycles. The molecule has 1 aliphatic rings. The fourth-order valence-electron chi connectivity index (χ4n) is 2.74. The van der Waals surface area contributed by atoms with Gasteiger partial charge in [-0.3, -0.25) is 0 Å². The highest BCUT2D eigenvalue weighted by Crippen LogP contribution is 2.29. The number of carbonyl (C=O) groups excluding carboxylic acids is 1. The summed E-state index contributed by atoms with van der Waals surface area (Å²) in [4.78, 5) is 13.0. The molecular weight excluding hydrogens is 222 g/mol. The predicted octanol–water partition coefficient (Wildman–Crippen LogP) is 3.19. The van der Waals surface area contributed by atoms with E-state index in [2.05, 4.69) is 43.1 Å². The summed E-state index contributed by atoms with van der Waals surface area (Å²) in [5.74, 6) is 1.04. The minimum atomic E-state index is 0.341. The Hall–Kier alpha value is -1.15. The topological polar surface area (TPSA) is 20.3 Å². The van der Waals surface area contributed by atoms with Crippen LogP contribution in [0.15, 0.2) is 24.3 Å². The Morgan fingerprint density at radius 1 is 1.39 bits per heavy atom. The first-order chi connectivity index (χ1) is 8.70. The molecule has 0 bridgehead atoms. The molecule has 98 valence electrons. The molecule has 0 aromatic heterocycles. The van der Waals surface area contributed by atoms with Gasteiger partial charge in [-0.1, -0.05) is 31.2 Å². The molecule has 1 unspecified atom stereocenters. The Morgan fingerprint density at radius 3 is 2.78 bits per heavy atom. The SMILES string of the molecule is CC(CC=O)c1cccc(C2CCN(C)CC2)c1. The molecule has 0 radical (unpaired) electrons. The molecule has 0 aliphatic carbocycles. The van der Waals surface area contributed by atoms with Gasteiger partial charge < -0.3 is 9.69 Å². The minimum Gasteiger partial charge on any atom is -0.306 e. The highest BCUT2D eigenvalue weighted by molar-refractivity contribution is 5.51. The second kappa shape index (κ2) is 6.14. The second-order valence-electron chi connectivity index (χ2n) is 5.55. The molecule has 0 saturated carbocycles. The number of aldehydes is 1. The van der Waals surface area contributed by atoms with Crippen molar-refractivity contribution < 1.29 is 4.79 Å². The number of rotatable bonds is 4. The van der Waals surface area contributed by atoms with Crippen molar-refractivity contribution in [3.63, 3.8) is 0 Å². The summed E-state index contributed by atoms with van der Waals surface area (Å²) in [6, 6.07) is 8.84. The summed E-state index contributed by atoms with van der Waals surface area (Å²) in [6.07, 6.45) is 4.15. The maximum Gasteiger partial charge on any atom is 0.120 e. The predicted molar refractivity (Wildman–Crippen MR) is 75.0 cm³/mol. The van der Waals surface area contributed by atoms with Gasteiger partial charge in [-0.25, -0.2) is 0 Å². The van der Waals surface area contributed by atoms with Gasteiger partial charge in [0, 0.05) is 6.42 Å². The number of likely N-dealkylation sites (tertiary alicyclic amines) is 1. The Labute approximate surface area is 110 Å². The Bertz CT molecular complexity index is 394. The van der Waals surface area contributed by atoms with Crippen LogP contribution in [0.4, 0.5) is 0 Å². The van der Waals surface area contributed by atoms with E-state index >= 15 is 0 Å². The summed E-state index contributed by atoms with van der Waals surface area (Å²) in [5, 5.41) is 0. The third-order valence-electron chi connectivity index (χ3n) is 4.12. The first-order valence-electron chi connectivity index (χ1n) is 6.92. The van der Waals surface area contributed by atoms with E-state index < -0.39 is 0 Å². The third kappa shape index (κ3) is 3.20. The lowest BCUT2D eigenvalue weighted by molar-refractivity contribution is -0.108. The van der Waals surface area contributed by atoms with Gasteiger partial charge in [0.25, 0.3) is 0 Å². The molecular formula is C16H23NO. The van der Waals surface area contributed by atoms with Crippen LogP contribution in [-0.4, -0.2) is 31.3 Å². The quantitative estimate of drug-likeness (QED) is 0.759. The molecule has 2 heteroatoms. The molecule has 18 heavy (non-hydrogen) atoms. The largest absolute Gasteiger partial charge is 0.306 e. The van der Waals surface area contributed by atoms with E-state index in [1.807, 2.05) is 0 Å². The smallest absolute Gasteiger partial charge is 0.120 e. The summed E-state index contributed by atoms with van der Waals surface area (Å²) in [6.45, 7) is 4.51. The van der Waals surface area contributed by atoms with Crippen molar-refractivity contribution in [3.8, 4) is 0 Å². The third-order valence-corrected chi connectivity index (χ3v) is 4.12. The van der Waals surface area contributed by atoms with Crippen LogP contribution in [0.25, 0.3) is 0 Å². The van der Waals surface area contributed by atoms with Crippen LogP contribution in [0.5, 0.6) is 0 Å². The van der Waals surface area contributed by atoms with Gasteiger partial charge in [-0.2, -0.15) is 0 Å². The Morgan fingerprint density at radius 2 is 2.11 bits per heavy atom. The molecule has 1 aromatic rings. The number of hydrogen-bond donors (Lipinski definition) is 0. The van der Waals surface area contributed by atoms with Crippen molar-refractivity contribution in [3.05, 3.63) is 35.4 Å². The van der Waals surface area contributed by atoms with Gasteiger partial charge in [0.1, 0.15) is 6.29 Å². The lowest BCUT2D eigenvalue weighted by atomic mass is 9.87. The Kier molecular flexibility index (Phi) is 4.54. The molecule has 1 heterocycles. The number of hydrogen-bond acceptors (Lipinski definition) is 2. The number of benzene rings is 1. The summed E-state index contributed by atoms with van der Waals surface area (Å²) in [5.41, 5.74) is 2.76. The molecule has 1 saturated heterocycles. The zero-order valence-electron chi connectivity index (χ0n) is 11.4. The van der Waals surface area contributed by atoms with E-state index in [1.54, 1.807) is 0 Å². The molecule has 0 amide bonds. The van der Waals surface area contributed by atoms with Crippen molar-refractivity contribution in [1.82, 2.24) is 4.90 Å². The van der Waals surface area contributed by atoms with Crippen LogP contribution < -0.4 is 0 Å². The number of nitrogens with zero attached hydrogens (tertiary/aromatic N) is 1. The van der Waals surface area contributed by atoms with E-state index in [-0.39, 0.29) is 0 Å². The van der Waals surface area contributed by atoms with Gasteiger partial charge in [0.15, 0.2) is 0 Å². The van der Waals surface area contributed by atoms with Crippen LogP contribution in [0, 0.1) is 0 Å². The average Bonchev–Trinajstić information content (AvgIpc) is 2.40. The summed E-state index contributed by atoms with van der Waals surface area (Å²) >= 11 is 0. The van der Waals surface area contributed by atoms with Gasteiger partial charge in [0.05, 0.1) is 0 Å². The average molecular weight is 245 g/mol. The first-order valence-corrected chi connectivity index (χ1v) is 6.92. The first kappa shape index (κ1) is 13.3. The maximum atomic E-state index is 10.6. The van der Waals surface area contributed by atoms with E-state index in [0.717, 1.165) is 6.29 Å². The van der Waals surface area contributed by atoms with Gasteiger partial charge in [-0.15, -0.1) is 0 Å². The molecule has 0 spiro atoms. The highest BCUT2D eigenvalue weighted by atomic mass is 16.1. The monoisotopic (exact) mass is 245 g/mol. The van der Waals surface area contributed by atoms with E-state index in [4.69, 9.17) is 0 Å². The lowest BCUT2D eigenvalue weighted by Gasteiger charge is -2.29. The van der Waals surface area contributed by atoms with Crippen molar-refractivity contribution in [2.75, 3.05) is 20.1 Å². The number of carbonyl (C=O) groups is 1. The summed E-state index contributed by atoms with van der Waals surface area (Å²) < 4.78 is 0. The van der Waals surface area contributed by atoms with Gasteiger partial charge in [-0.05, 0) is 55.9 Å². The molecule has 1 fully saturated rings. The van der Waals surface area contributed by atoms with Crippen LogP contribution in [0.3, 0.4) is 0 Å². The van der Waals surface area contributed by atoms with Crippen molar-refractivity contribution in [1.29, 1.82) is 0 Å². The molecule has 1 atom stereocenters. The van der Waals surface area contributed by atoms with Crippen LogP contribution in [0.1, 0.15) is 49.1 Å². The Balaban J connectivity index is 2.09. The van der Waals surface area contributed by atoms with Crippen molar-refractivity contribution in [2.45, 2.75) is 38.0 Å². The lowest BCUT2D eigenvalue weighted by Crippen LogP contribution is -2.29. The molecule has 2 rings (SSSR count). The van der Waals surface area contributed by atoms with Gasteiger partial charge in [0.2, 0.25) is 0 Å². The number of piperidine rings is 1. The van der Waals surface area contributed by atoms with E-state index in [0.29, 0.717) is 18.3 Å².